The van der Waals surface area contributed by atoms with Crippen LogP contribution in [0.1, 0.15) is 25.7 Å². The molecule has 0 aromatic carbocycles. The molecule has 9 nitrogen and oxygen atoms in total. The van der Waals surface area contributed by atoms with E-state index >= 15 is 0 Å². The van der Waals surface area contributed by atoms with E-state index in [4.69, 9.17) is 14.2 Å². The van der Waals surface area contributed by atoms with Gasteiger partial charge < -0.3 is 19.5 Å². The summed E-state index contributed by atoms with van der Waals surface area (Å²) in [5.74, 6) is 0.378. The van der Waals surface area contributed by atoms with Crippen molar-refractivity contribution in [2.75, 3.05) is 44.8 Å². The molecule has 1 aliphatic carbocycles. The molecule has 2 atom stereocenters. The zero-order valence-electron chi connectivity index (χ0n) is 15.8. The molecule has 0 radical (unpaired) electrons. The molecule has 152 valence electrons. The smallest absolute Gasteiger partial charge is 0.287 e. The summed E-state index contributed by atoms with van der Waals surface area (Å²) < 4.78 is 17.7. The van der Waals surface area contributed by atoms with Crippen molar-refractivity contribution in [1.82, 2.24) is 9.88 Å². The van der Waals surface area contributed by atoms with Gasteiger partial charge in [-0.05, 0) is 18.9 Å². The standard InChI is InChI=1S/C19H26N4O5/c24-23(25)15-1-2-17(20-8-15)21-14-3-4-22(9-14)10-16-7-18(13-26-16)11-19(12-18)27-5-6-28-19/h1-2,8,14,16H,3-7,9-13H2,(H,20,21). The van der Waals surface area contributed by atoms with E-state index in [2.05, 4.69) is 15.2 Å². The first-order chi connectivity index (χ1) is 13.5. The fourth-order valence-corrected chi connectivity index (χ4v) is 5.24. The minimum absolute atomic E-state index is 0.0112. The van der Waals surface area contributed by atoms with Crippen molar-refractivity contribution in [3.05, 3.63) is 28.4 Å². The number of hydrogen-bond acceptors (Lipinski definition) is 8. The molecule has 0 bridgehead atoms. The van der Waals surface area contributed by atoms with Crippen molar-refractivity contribution in [2.45, 2.75) is 43.6 Å². The molecular formula is C19H26N4O5. The molecular weight excluding hydrogens is 364 g/mol. The van der Waals surface area contributed by atoms with Crippen LogP contribution >= 0.6 is 0 Å². The Morgan fingerprint density at radius 1 is 1.32 bits per heavy atom. The summed E-state index contributed by atoms with van der Waals surface area (Å²) in [6.45, 7) is 5.14. The van der Waals surface area contributed by atoms with Crippen LogP contribution in [0.5, 0.6) is 0 Å². The van der Waals surface area contributed by atoms with E-state index in [1.165, 1.54) is 12.3 Å². The van der Waals surface area contributed by atoms with E-state index in [1.54, 1.807) is 6.07 Å². The highest BCUT2D eigenvalue weighted by Crippen LogP contribution is 2.58. The Morgan fingerprint density at radius 3 is 2.86 bits per heavy atom. The molecule has 1 saturated carbocycles. The third-order valence-corrected chi connectivity index (χ3v) is 6.43. The second-order valence-corrected chi connectivity index (χ2v) is 8.65. The van der Waals surface area contributed by atoms with E-state index in [0.29, 0.717) is 25.1 Å². The van der Waals surface area contributed by atoms with Gasteiger partial charge >= 0.3 is 0 Å². The number of nitro groups is 1. The van der Waals surface area contributed by atoms with E-state index in [9.17, 15) is 10.1 Å². The number of pyridine rings is 1. The predicted molar refractivity (Wildman–Crippen MR) is 100 cm³/mol. The second kappa shape index (κ2) is 6.91. The third-order valence-electron chi connectivity index (χ3n) is 6.43. The lowest BCUT2D eigenvalue weighted by atomic mass is 9.63. The van der Waals surface area contributed by atoms with Gasteiger partial charge in [0.1, 0.15) is 12.0 Å². The van der Waals surface area contributed by atoms with E-state index in [-0.39, 0.29) is 23.0 Å². The molecule has 4 heterocycles. The SMILES string of the molecule is O=[N+]([O-])c1ccc(NC2CCN(CC3CC4(CO3)CC3(C4)OCCO3)C2)nc1. The quantitative estimate of drug-likeness (QED) is 0.600. The molecule has 5 rings (SSSR count). The van der Waals surface area contributed by atoms with Gasteiger partial charge in [0.2, 0.25) is 0 Å². The summed E-state index contributed by atoms with van der Waals surface area (Å²) in [6, 6.07) is 3.46. The summed E-state index contributed by atoms with van der Waals surface area (Å²) in [5, 5.41) is 14.1. The molecule has 4 aliphatic rings. The molecule has 1 N–H and O–H groups in total. The molecule has 28 heavy (non-hydrogen) atoms. The first kappa shape index (κ1) is 18.2. The Hall–Kier alpha value is -1.81. The van der Waals surface area contributed by atoms with E-state index in [0.717, 1.165) is 51.9 Å². The Labute approximate surface area is 163 Å². The number of anilines is 1. The third kappa shape index (κ3) is 3.47. The number of rotatable bonds is 5. The maximum absolute atomic E-state index is 10.7. The van der Waals surface area contributed by atoms with Crippen LogP contribution in [0.25, 0.3) is 0 Å². The molecule has 3 saturated heterocycles. The van der Waals surface area contributed by atoms with Crippen molar-refractivity contribution >= 4 is 11.5 Å². The van der Waals surface area contributed by atoms with Gasteiger partial charge in [-0.15, -0.1) is 0 Å². The van der Waals surface area contributed by atoms with Crippen LogP contribution in [0.15, 0.2) is 18.3 Å². The van der Waals surface area contributed by atoms with Crippen LogP contribution in [0.3, 0.4) is 0 Å². The molecule has 1 aromatic heterocycles. The summed E-state index contributed by atoms with van der Waals surface area (Å²) in [4.78, 5) is 16.9. The zero-order chi connectivity index (χ0) is 19.2. The van der Waals surface area contributed by atoms with Gasteiger partial charge in [-0.25, -0.2) is 4.98 Å². The van der Waals surface area contributed by atoms with E-state index < -0.39 is 4.92 Å². The lowest BCUT2D eigenvalue weighted by Gasteiger charge is -2.50. The Morgan fingerprint density at radius 2 is 2.14 bits per heavy atom. The Balaban J connectivity index is 1.08. The Kier molecular flexibility index (Phi) is 4.50. The average Bonchev–Trinajstić information content (AvgIpc) is 3.38. The van der Waals surface area contributed by atoms with Gasteiger partial charge in [0.05, 0.1) is 30.8 Å². The fraction of sp³-hybridized carbons (Fsp3) is 0.737. The van der Waals surface area contributed by atoms with Crippen molar-refractivity contribution < 1.29 is 19.1 Å². The highest BCUT2D eigenvalue weighted by molar-refractivity contribution is 5.41. The molecule has 0 amide bonds. The van der Waals surface area contributed by atoms with Crippen LogP contribution in [-0.4, -0.2) is 72.2 Å². The molecule has 3 aliphatic heterocycles. The van der Waals surface area contributed by atoms with Gasteiger partial charge in [-0.1, -0.05) is 0 Å². The normalized spacial score (nSPS) is 30.7. The molecule has 2 spiro atoms. The summed E-state index contributed by atoms with van der Waals surface area (Å²) >= 11 is 0. The summed E-state index contributed by atoms with van der Waals surface area (Å²) in [5.41, 5.74) is 0.256. The van der Waals surface area contributed by atoms with E-state index in [1.807, 2.05) is 0 Å². The number of hydrogen-bond donors (Lipinski definition) is 1. The summed E-state index contributed by atoms with van der Waals surface area (Å²) in [6.07, 6.45) is 5.61. The monoisotopic (exact) mass is 390 g/mol. The van der Waals surface area contributed by atoms with Crippen molar-refractivity contribution in [1.29, 1.82) is 0 Å². The first-order valence-electron chi connectivity index (χ1n) is 10.0. The van der Waals surface area contributed by atoms with Crippen molar-refractivity contribution in [2.24, 2.45) is 5.41 Å². The minimum Gasteiger partial charge on any atom is -0.376 e. The topological polar surface area (TPSA) is 99.0 Å². The second-order valence-electron chi connectivity index (χ2n) is 8.65. The lowest BCUT2D eigenvalue weighted by molar-refractivity contribution is -0.385. The number of ether oxygens (including phenoxy) is 3. The fourth-order valence-electron chi connectivity index (χ4n) is 5.24. The molecule has 1 aromatic rings. The van der Waals surface area contributed by atoms with Gasteiger partial charge in [0.15, 0.2) is 5.79 Å². The van der Waals surface area contributed by atoms with Crippen molar-refractivity contribution in [3.63, 3.8) is 0 Å². The van der Waals surface area contributed by atoms with Crippen LogP contribution in [0, 0.1) is 15.5 Å². The summed E-state index contributed by atoms with van der Waals surface area (Å²) in [7, 11) is 0. The van der Waals surface area contributed by atoms with Crippen LogP contribution in [0.4, 0.5) is 11.5 Å². The lowest BCUT2D eigenvalue weighted by Crippen LogP contribution is -2.53. The van der Waals surface area contributed by atoms with Crippen molar-refractivity contribution in [3.8, 4) is 0 Å². The first-order valence-corrected chi connectivity index (χ1v) is 10.0. The number of likely N-dealkylation sites (tertiary alicyclic amines) is 1. The number of nitrogens with one attached hydrogen (secondary N) is 1. The molecule has 9 heteroatoms. The molecule has 4 fully saturated rings. The predicted octanol–water partition coefficient (Wildman–Crippen LogP) is 1.79. The van der Waals surface area contributed by atoms with Gasteiger partial charge in [0, 0.05) is 50.0 Å². The van der Waals surface area contributed by atoms with Crippen LogP contribution in [-0.2, 0) is 14.2 Å². The minimum atomic E-state index is -0.433. The molecule has 2 unspecified atom stereocenters. The van der Waals surface area contributed by atoms with Crippen LogP contribution in [0.2, 0.25) is 0 Å². The number of aromatic nitrogens is 1. The Bertz CT molecular complexity index is 728. The average molecular weight is 390 g/mol. The highest BCUT2D eigenvalue weighted by Gasteiger charge is 2.61. The zero-order valence-corrected chi connectivity index (χ0v) is 15.8. The largest absolute Gasteiger partial charge is 0.376 e. The van der Waals surface area contributed by atoms with Crippen LogP contribution < -0.4 is 5.32 Å². The van der Waals surface area contributed by atoms with Gasteiger partial charge in [-0.3, -0.25) is 15.0 Å². The van der Waals surface area contributed by atoms with Gasteiger partial charge in [0.25, 0.3) is 5.69 Å². The van der Waals surface area contributed by atoms with Gasteiger partial charge in [-0.2, -0.15) is 0 Å². The number of nitrogens with zero attached hydrogens (tertiary/aromatic N) is 3. The maximum atomic E-state index is 10.7. The highest BCUT2D eigenvalue weighted by atomic mass is 16.7. The maximum Gasteiger partial charge on any atom is 0.287 e.